The highest BCUT2D eigenvalue weighted by Gasteiger charge is 2.25. The van der Waals surface area contributed by atoms with E-state index in [2.05, 4.69) is 30.8 Å². The van der Waals surface area contributed by atoms with Crippen LogP contribution < -0.4 is 5.73 Å². The van der Waals surface area contributed by atoms with Gasteiger partial charge in [-0.15, -0.1) is 0 Å². The molecule has 14 heavy (non-hydrogen) atoms. The SMILES string of the molecule is C=Cc1cccc(C2CCCC2N)c1. The first-order chi connectivity index (χ1) is 6.81. The van der Waals surface area contributed by atoms with Crippen LogP contribution in [0.3, 0.4) is 0 Å². The van der Waals surface area contributed by atoms with Crippen molar-refractivity contribution in [3.05, 3.63) is 42.0 Å². The minimum absolute atomic E-state index is 0.357. The second-order valence-electron chi connectivity index (χ2n) is 4.08. The average Bonchev–Trinajstić information content (AvgIpc) is 2.65. The molecular weight excluding hydrogens is 170 g/mol. The van der Waals surface area contributed by atoms with Gasteiger partial charge in [0.25, 0.3) is 0 Å². The highest BCUT2D eigenvalue weighted by molar-refractivity contribution is 5.48. The van der Waals surface area contributed by atoms with Crippen molar-refractivity contribution in [1.82, 2.24) is 0 Å². The summed E-state index contributed by atoms with van der Waals surface area (Å²) in [4.78, 5) is 0. The minimum Gasteiger partial charge on any atom is -0.327 e. The maximum atomic E-state index is 6.08. The van der Waals surface area contributed by atoms with Gasteiger partial charge in [-0.2, -0.15) is 0 Å². The summed E-state index contributed by atoms with van der Waals surface area (Å²) >= 11 is 0. The maximum Gasteiger partial charge on any atom is 0.0108 e. The molecule has 1 aliphatic rings. The van der Waals surface area contributed by atoms with Crippen molar-refractivity contribution in [2.24, 2.45) is 5.73 Å². The van der Waals surface area contributed by atoms with Crippen LogP contribution in [-0.2, 0) is 0 Å². The highest BCUT2D eigenvalue weighted by atomic mass is 14.7. The summed E-state index contributed by atoms with van der Waals surface area (Å²) < 4.78 is 0. The lowest BCUT2D eigenvalue weighted by molar-refractivity contribution is 0.613. The summed E-state index contributed by atoms with van der Waals surface area (Å²) in [6, 6.07) is 8.93. The van der Waals surface area contributed by atoms with E-state index in [1.165, 1.54) is 30.4 Å². The molecular formula is C13H17N. The summed E-state index contributed by atoms with van der Waals surface area (Å²) in [7, 11) is 0. The van der Waals surface area contributed by atoms with Crippen LogP contribution >= 0.6 is 0 Å². The molecule has 0 saturated heterocycles. The molecule has 2 atom stereocenters. The largest absolute Gasteiger partial charge is 0.327 e. The third-order valence-electron chi connectivity index (χ3n) is 3.14. The second-order valence-corrected chi connectivity index (χ2v) is 4.08. The van der Waals surface area contributed by atoms with E-state index in [0.29, 0.717) is 12.0 Å². The molecule has 74 valence electrons. The summed E-state index contributed by atoms with van der Waals surface area (Å²) in [6.07, 6.45) is 5.57. The molecule has 1 aromatic carbocycles. The Hall–Kier alpha value is -1.08. The number of hydrogen-bond donors (Lipinski definition) is 1. The fourth-order valence-corrected chi connectivity index (χ4v) is 2.32. The number of hydrogen-bond acceptors (Lipinski definition) is 1. The van der Waals surface area contributed by atoms with Crippen LogP contribution in [-0.4, -0.2) is 6.04 Å². The molecule has 2 rings (SSSR count). The van der Waals surface area contributed by atoms with Gasteiger partial charge in [-0.3, -0.25) is 0 Å². The lowest BCUT2D eigenvalue weighted by Crippen LogP contribution is -2.22. The highest BCUT2D eigenvalue weighted by Crippen LogP contribution is 2.33. The van der Waals surface area contributed by atoms with Crippen molar-refractivity contribution in [3.8, 4) is 0 Å². The van der Waals surface area contributed by atoms with Crippen LogP contribution in [0.15, 0.2) is 30.8 Å². The normalized spacial score (nSPS) is 26.4. The molecule has 0 heterocycles. The van der Waals surface area contributed by atoms with E-state index in [-0.39, 0.29) is 0 Å². The maximum absolute atomic E-state index is 6.08. The molecule has 0 bridgehead atoms. The van der Waals surface area contributed by atoms with Gasteiger partial charge in [0, 0.05) is 6.04 Å². The zero-order valence-corrected chi connectivity index (χ0v) is 8.45. The van der Waals surface area contributed by atoms with Gasteiger partial charge in [0.1, 0.15) is 0 Å². The number of benzene rings is 1. The monoisotopic (exact) mass is 187 g/mol. The van der Waals surface area contributed by atoms with Crippen LogP contribution in [0, 0.1) is 0 Å². The topological polar surface area (TPSA) is 26.0 Å². The summed E-state index contributed by atoms with van der Waals surface area (Å²) in [5.41, 5.74) is 8.65. The summed E-state index contributed by atoms with van der Waals surface area (Å²) in [6.45, 7) is 3.79. The molecule has 0 amide bonds. The van der Waals surface area contributed by atoms with E-state index in [9.17, 15) is 0 Å². The van der Waals surface area contributed by atoms with Crippen molar-refractivity contribution >= 4 is 6.08 Å². The quantitative estimate of drug-likeness (QED) is 0.757. The van der Waals surface area contributed by atoms with Crippen LogP contribution in [0.2, 0.25) is 0 Å². The van der Waals surface area contributed by atoms with E-state index in [1.807, 2.05) is 6.08 Å². The van der Waals surface area contributed by atoms with Gasteiger partial charge in [-0.05, 0) is 29.9 Å². The Balaban J connectivity index is 2.26. The zero-order chi connectivity index (χ0) is 9.97. The molecule has 1 heteroatoms. The van der Waals surface area contributed by atoms with Gasteiger partial charge in [0.05, 0.1) is 0 Å². The first-order valence-electron chi connectivity index (χ1n) is 5.29. The molecule has 0 radical (unpaired) electrons. The predicted octanol–water partition coefficient (Wildman–Crippen LogP) is 2.92. The Labute approximate surface area is 85.6 Å². The van der Waals surface area contributed by atoms with Crippen molar-refractivity contribution in [3.63, 3.8) is 0 Å². The number of nitrogens with two attached hydrogens (primary N) is 1. The molecule has 0 aliphatic heterocycles. The fourth-order valence-electron chi connectivity index (χ4n) is 2.32. The minimum atomic E-state index is 0.357. The molecule has 0 aromatic heterocycles. The van der Waals surface area contributed by atoms with Gasteiger partial charge in [0.15, 0.2) is 0 Å². The molecule has 1 aromatic rings. The Morgan fingerprint density at radius 1 is 1.36 bits per heavy atom. The smallest absolute Gasteiger partial charge is 0.0108 e. The number of rotatable bonds is 2. The Bertz CT molecular complexity index is 330. The first-order valence-corrected chi connectivity index (χ1v) is 5.29. The molecule has 1 nitrogen and oxygen atoms in total. The van der Waals surface area contributed by atoms with Gasteiger partial charge in [-0.25, -0.2) is 0 Å². The first kappa shape index (κ1) is 9.47. The lowest BCUT2D eigenvalue weighted by Gasteiger charge is -2.15. The van der Waals surface area contributed by atoms with E-state index < -0.39 is 0 Å². The third-order valence-corrected chi connectivity index (χ3v) is 3.14. The lowest BCUT2D eigenvalue weighted by atomic mass is 9.93. The van der Waals surface area contributed by atoms with Gasteiger partial charge < -0.3 is 5.73 Å². The molecule has 2 unspecified atom stereocenters. The molecule has 1 fully saturated rings. The van der Waals surface area contributed by atoms with E-state index >= 15 is 0 Å². The standard InChI is InChI=1S/C13H17N/c1-2-10-5-3-6-11(9-10)12-7-4-8-13(12)14/h2-3,5-6,9,12-13H,1,4,7-8,14H2. The Kier molecular flexibility index (Phi) is 2.69. The fraction of sp³-hybridized carbons (Fsp3) is 0.385. The van der Waals surface area contributed by atoms with Crippen LogP contribution in [0.5, 0.6) is 0 Å². The van der Waals surface area contributed by atoms with E-state index in [0.717, 1.165) is 0 Å². The van der Waals surface area contributed by atoms with E-state index in [4.69, 9.17) is 5.73 Å². The second kappa shape index (κ2) is 3.97. The van der Waals surface area contributed by atoms with Crippen molar-refractivity contribution < 1.29 is 0 Å². The molecule has 1 aliphatic carbocycles. The summed E-state index contributed by atoms with van der Waals surface area (Å²) in [5.74, 6) is 0.565. The van der Waals surface area contributed by atoms with Crippen LogP contribution in [0.25, 0.3) is 6.08 Å². The van der Waals surface area contributed by atoms with Crippen LogP contribution in [0.4, 0.5) is 0 Å². The van der Waals surface area contributed by atoms with Crippen molar-refractivity contribution in [2.75, 3.05) is 0 Å². The molecule has 1 saturated carbocycles. The molecule has 2 N–H and O–H groups in total. The third kappa shape index (κ3) is 1.73. The predicted molar refractivity (Wildman–Crippen MR) is 61.1 cm³/mol. The Morgan fingerprint density at radius 2 is 2.21 bits per heavy atom. The van der Waals surface area contributed by atoms with Gasteiger partial charge in [-0.1, -0.05) is 43.3 Å². The Morgan fingerprint density at radius 3 is 2.86 bits per heavy atom. The van der Waals surface area contributed by atoms with E-state index in [1.54, 1.807) is 0 Å². The molecule has 0 spiro atoms. The average molecular weight is 187 g/mol. The van der Waals surface area contributed by atoms with Crippen LogP contribution in [0.1, 0.15) is 36.3 Å². The van der Waals surface area contributed by atoms with Crippen molar-refractivity contribution in [2.45, 2.75) is 31.2 Å². The summed E-state index contributed by atoms with van der Waals surface area (Å²) in [5, 5.41) is 0. The van der Waals surface area contributed by atoms with Gasteiger partial charge >= 0.3 is 0 Å². The zero-order valence-electron chi connectivity index (χ0n) is 8.45. The van der Waals surface area contributed by atoms with Crippen molar-refractivity contribution in [1.29, 1.82) is 0 Å². The van der Waals surface area contributed by atoms with Gasteiger partial charge in [0.2, 0.25) is 0 Å².